The molecule has 15 nitrogen and oxygen atoms in total. The Morgan fingerprint density at radius 1 is 1.06 bits per heavy atom. The van der Waals surface area contributed by atoms with Crippen LogP contribution in [0.4, 0.5) is 28.8 Å². The number of nitrogens with one attached hydrogen (secondary N) is 4. The summed E-state index contributed by atoms with van der Waals surface area (Å²) in [4.78, 5) is 79.0. The third-order valence-electron chi connectivity index (χ3n) is 10.4. The third-order valence-corrected chi connectivity index (χ3v) is 10.4. The molecule has 1 aromatic heterocycles. The lowest BCUT2D eigenvalue weighted by atomic mass is 10.0. The number of imide groups is 1. The molecule has 15 heteroatoms. The Morgan fingerprint density at radius 2 is 1.87 bits per heavy atom. The number of fused-ring (bicyclic) bond motifs is 2. The van der Waals surface area contributed by atoms with E-state index in [9.17, 15) is 24.0 Å². The molecule has 7 rings (SSSR count). The number of anilines is 5. The van der Waals surface area contributed by atoms with Gasteiger partial charge in [-0.05, 0) is 56.0 Å². The van der Waals surface area contributed by atoms with Gasteiger partial charge < -0.3 is 35.4 Å². The van der Waals surface area contributed by atoms with Gasteiger partial charge in [-0.25, -0.2) is 4.98 Å². The number of hydrogen-bond acceptors (Lipinski definition) is 11. The first-order chi connectivity index (χ1) is 25.1. The minimum Gasteiger partial charge on any atom is -0.495 e. The second-order valence-electron chi connectivity index (χ2n) is 13.7. The van der Waals surface area contributed by atoms with Crippen molar-refractivity contribution in [2.45, 2.75) is 76.5 Å². The monoisotopic (exact) mass is 709 g/mol. The lowest BCUT2D eigenvalue weighted by Crippen LogP contribution is -2.52. The van der Waals surface area contributed by atoms with Crippen molar-refractivity contribution in [3.05, 3.63) is 59.3 Å². The highest BCUT2D eigenvalue weighted by Crippen LogP contribution is 2.40. The third kappa shape index (κ3) is 6.69. The van der Waals surface area contributed by atoms with Crippen molar-refractivity contribution >= 4 is 58.4 Å². The van der Waals surface area contributed by atoms with E-state index in [4.69, 9.17) is 9.72 Å². The van der Waals surface area contributed by atoms with Gasteiger partial charge in [0.15, 0.2) is 5.82 Å². The summed E-state index contributed by atoms with van der Waals surface area (Å²) in [5.41, 5.74) is 3.22. The first-order valence-electron chi connectivity index (χ1n) is 17.8. The number of carbonyl (C=O) groups is 5. The van der Waals surface area contributed by atoms with Gasteiger partial charge in [-0.2, -0.15) is 4.98 Å². The average molecular weight is 710 g/mol. The highest BCUT2D eigenvalue weighted by Gasteiger charge is 2.40. The van der Waals surface area contributed by atoms with Gasteiger partial charge in [0.2, 0.25) is 23.7 Å². The molecule has 2 aromatic carbocycles. The molecule has 2 fully saturated rings. The van der Waals surface area contributed by atoms with Crippen molar-refractivity contribution in [3.8, 4) is 5.75 Å². The largest absolute Gasteiger partial charge is 0.495 e. The maximum Gasteiger partial charge on any atom is 0.255 e. The van der Waals surface area contributed by atoms with Gasteiger partial charge >= 0.3 is 0 Å². The molecule has 1 saturated heterocycles. The van der Waals surface area contributed by atoms with Crippen molar-refractivity contribution in [3.63, 3.8) is 0 Å². The Labute approximate surface area is 301 Å². The molecule has 0 spiro atoms. The van der Waals surface area contributed by atoms with Crippen LogP contribution in [-0.4, -0.2) is 89.8 Å². The predicted molar refractivity (Wildman–Crippen MR) is 194 cm³/mol. The Morgan fingerprint density at radius 3 is 2.62 bits per heavy atom. The van der Waals surface area contributed by atoms with E-state index in [-0.39, 0.29) is 43.3 Å². The molecule has 1 unspecified atom stereocenters. The predicted octanol–water partition coefficient (Wildman–Crippen LogP) is 3.34. The SMILES string of the molecule is CC[C@@H]1CN(C)c2cnc(Nc3ccc(C(=O)NCC(=O)Nc4cccc5c4CN(C4CCC(=O)NC4=O)C5=O)cc3OC)nc2N1C1CCCC1. The van der Waals surface area contributed by atoms with E-state index in [1.54, 1.807) is 36.4 Å². The fourth-order valence-corrected chi connectivity index (χ4v) is 7.76. The van der Waals surface area contributed by atoms with E-state index in [0.29, 0.717) is 46.3 Å². The Bertz CT molecular complexity index is 1930. The zero-order valence-corrected chi connectivity index (χ0v) is 29.5. The van der Waals surface area contributed by atoms with Crippen LogP contribution < -0.4 is 35.8 Å². The van der Waals surface area contributed by atoms with Crippen LogP contribution >= 0.6 is 0 Å². The fourth-order valence-electron chi connectivity index (χ4n) is 7.76. The summed E-state index contributed by atoms with van der Waals surface area (Å²) in [6, 6.07) is 9.92. The molecule has 0 radical (unpaired) electrons. The Kier molecular flexibility index (Phi) is 9.67. The number of benzene rings is 2. The molecule has 272 valence electrons. The van der Waals surface area contributed by atoms with E-state index >= 15 is 0 Å². The van der Waals surface area contributed by atoms with Crippen LogP contribution in [0.2, 0.25) is 0 Å². The molecular weight excluding hydrogens is 666 g/mol. The quantitative estimate of drug-likeness (QED) is 0.227. The second-order valence-corrected chi connectivity index (χ2v) is 13.7. The van der Waals surface area contributed by atoms with Crippen molar-refractivity contribution in [2.75, 3.05) is 47.7 Å². The Balaban J connectivity index is 0.995. The first-order valence-corrected chi connectivity index (χ1v) is 17.8. The van der Waals surface area contributed by atoms with Crippen LogP contribution in [0.1, 0.15) is 78.1 Å². The summed E-state index contributed by atoms with van der Waals surface area (Å²) in [5.74, 6) is -0.445. The van der Waals surface area contributed by atoms with Crippen LogP contribution in [0.3, 0.4) is 0 Å². The van der Waals surface area contributed by atoms with Crippen LogP contribution in [0.5, 0.6) is 5.75 Å². The minimum atomic E-state index is -0.771. The smallest absolute Gasteiger partial charge is 0.255 e. The maximum atomic E-state index is 13.1. The van der Waals surface area contributed by atoms with Gasteiger partial charge in [0, 0.05) is 61.0 Å². The van der Waals surface area contributed by atoms with E-state index in [1.807, 2.05) is 6.20 Å². The molecule has 5 amide bonds. The molecule has 4 N–H and O–H groups in total. The normalized spacial score (nSPS) is 20.0. The topological polar surface area (TPSA) is 178 Å². The van der Waals surface area contributed by atoms with E-state index in [2.05, 4.69) is 50.0 Å². The molecule has 2 atom stereocenters. The number of amides is 5. The molecular formula is C37H43N9O6. The van der Waals surface area contributed by atoms with Crippen LogP contribution in [0.25, 0.3) is 0 Å². The van der Waals surface area contributed by atoms with Crippen molar-refractivity contribution in [2.24, 2.45) is 0 Å². The minimum absolute atomic E-state index is 0.106. The summed E-state index contributed by atoms with van der Waals surface area (Å²) >= 11 is 0. The molecule has 3 aromatic rings. The number of carbonyl (C=O) groups excluding carboxylic acids is 5. The van der Waals surface area contributed by atoms with Crippen molar-refractivity contribution < 1.29 is 28.7 Å². The van der Waals surface area contributed by atoms with Gasteiger partial charge in [0.05, 0.1) is 31.2 Å². The number of hydrogen-bond donors (Lipinski definition) is 4. The molecule has 0 bridgehead atoms. The zero-order valence-electron chi connectivity index (χ0n) is 29.5. The van der Waals surface area contributed by atoms with Gasteiger partial charge in [-0.15, -0.1) is 0 Å². The second kappa shape index (κ2) is 14.5. The van der Waals surface area contributed by atoms with Gasteiger partial charge in [0.25, 0.3) is 11.8 Å². The van der Waals surface area contributed by atoms with Crippen LogP contribution in [-0.2, 0) is 20.9 Å². The van der Waals surface area contributed by atoms with Gasteiger partial charge in [-0.1, -0.05) is 25.8 Å². The number of likely N-dealkylation sites (N-methyl/N-ethyl adjacent to an activating group) is 1. The number of piperidine rings is 1. The number of methoxy groups -OCH3 is 1. The van der Waals surface area contributed by atoms with E-state index in [0.717, 1.165) is 37.3 Å². The summed E-state index contributed by atoms with van der Waals surface area (Å²) < 4.78 is 5.63. The molecule has 1 aliphatic carbocycles. The lowest BCUT2D eigenvalue weighted by molar-refractivity contribution is -0.137. The van der Waals surface area contributed by atoms with Crippen molar-refractivity contribution in [1.29, 1.82) is 0 Å². The number of nitrogens with zero attached hydrogens (tertiary/aromatic N) is 5. The van der Waals surface area contributed by atoms with Gasteiger partial charge in [0.1, 0.15) is 11.8 Å². The average Bonchev–Trinajstić information content (AvgIpc) is 3.79. The molecule has 4 aliphatic rings. The number of aromatic nitrogens is 2. The van der Waals surface area contributed by atoms with Gasteiger partial charge in [-0.3, -0.25) is 29.3 Å². The highest BCUT2D eigenvalue weighted by atomic mass is 16.5. The standard InChI is InChI=1S/C37H43N9O6/c1-4-22-19-44(2)29-17-39-37(43-33(29)46(22)23-8-5-6-9-23)41-27-13-12-21(16-30(27)52-3)34(49)38-18-32(48)40-26-11-7-10-24-25(26)20-45(36(24)51)28-14-15-31(47)42-35(28)50/h7,10-13,16-17,22-23,28H,4-6,8-9,14-15,18-20H2,1-3H3,(H,38,49)(H,40,48)(H,39,41,43)(H,42,47,50)/t22-,28?/m1/s1. The molecule has 4 heterocycles. The summed E-state index contributed by atoms with van der Waals surface area (Å²) in [7, 11) is 3.59. The zero-order chi connectivity index (χ0) is 36.5. The van der Waals surface area contributed by atoms with E-state index in [1.165, 1.54) is 24.9 Å². The molecule has 3 aliphatic heterocycles. The summed E-state index contributed by atoms with van der Waals surface area (Å²) in [5, 5.41) is 11.0. The summed E-state index contributed by atoms with van der Waals surface area (Å²) in [6.07, 6.45) is 8.02. The maximum absolute atomic E-state index is 13.1. The molecule has 52 heavy (non-hydrogen) atoms. The highest BCUT2D eigenvalue weighted by molar-refractivity contribution is 6.07. The summed E-state index contributed by atoms with van der Waals surface area (Å²) in [6.45, 7) is 2.92. The van der Waals surface area contributed by atoms with Crippen LogP contribution in [0, 0.1) is 0 Å². The number of rotatable bonds is 10. The number of ether oxygens (including phenoxy) is 1. The van der Waals surface area contributed by atoms with Crippen molar-refractivity contribution in [1.82, 2.24) is 25.5 Å². The van der Waals surface area contributed by atoms with Crippen LogP contribution in [0.15, 0.2) is 42.6 Å². The fraction of sp³-hybridized carbons (Fsp3) is 0.432. The lowest BCUT2D eigenvalue weighted by Gasteiger charge is -2.45. The van der Waals surface area contributed by atoms with E-state index < -0.39 is 23.8 Å². The first kappa shape index (κ1) is 34.7. The molecule has 1 saturated carbocycles. The Hall–Kier alpha value is -5.73.